The standard InChI is InChI=1S/C26H33N5O2S/c1-4-30(21-9-7-6-8-10-21)25(32)19(3)34-26-29-28-24(20-15-17-27-18-16-20)31(26)22-11-13-23(14-12-22)33-5-2/h11-19,21H,4-10H2,1-3H3. The van der Waals surface area contributed by atoms with E-state index in [9.17, 15) is 4.79 Å². The smallest absolute Gasteiger partial charge is 0.236 e. The molecule has 7 nitrogen and oxygen atoms in total. The Labute approximate surface area is 205 Å². The van der Waals surface area contributed by atoms with E-state index in [1.165, 1.54) is 31.0 Å². The first kappa shape index (κ1) is 24.3. The molecule has 2 heterocycles. The van der Waals surface area contributed by atoms with Gasteiger partial charge in [0.25, 0.3) is 0 Å². The molecule has 1 aliphatic rings. The summed E-state index contributed by atoms with van der Waals surface area (Å²) in [6.45, 7) is 7.37. The number of amides is 1. The summed E-state index contributed by atoms with van der Waals surface area (Å²) in [6.07, 6.45) is 9.38. The van der Waals surface area contributed by atoms with Gasteiger partial charge in [-0.3, -0.25) is 14.3 Å². The molecule has 0 bridgehead atoms. The number of rotatable bonds is 9. The van der Waals surface area contributed by atoms with Crippen molar-refractivity contribution >= 4 is 17.7 Å². The first-order chi connectivity index (χ1) is 16.6. The van der Waals surface area contributed by atoms with Crippen LogP contribution in [-0.2, 0) is 4.79 Å². The summed E-state index contributed by atoms with van der Waals surface area (Å²) in [4.78, 5) is 19.6. The van der Waals surface area contributed by atoms with Crippen LogP contribution in [0.15, 0.2) is 53.9 Å². The van der Waals surface area contributed by atoms with Crippen molar-refractivity contribution in [2.24, 2.45) is 0 Å². The summed E-state index contributed by atoms with van der Waals surface area (Å²) < 4.78 is 7.62. The van der Waals surface area contributed by atoms with Crippen molar-refractivity contribution in [3.05, 3.63) is 48.8 Å². The number of thioether (sulfide) groups is 1. The Hall–Kier alpha value is -2.87. The van der Waals surface area contributed by atoms with E-state index in [2.05, 4.69) is 27.0 Å². The zero-order valence-electron chi connectivity index (χ0n) is 20.2. The fraction of sp³-hybridized carbons (Fsp3) is 0.462. The van der Waals surface area contributed by atoms with Gasteiger partial charge in [-0.2, -0.15) is 0 Å². The molecule has 1 aliphatic carbocycles. The second kappa shape index (κ2) is 11.5. The van der Waals surface area contributed by atoms with Crippen LogP contribution in [0.25, 0.3) is 17.1 Å². The molecule has 1 amide bonds. The molecule has 1 atom stereocenters. The molecule has 1 fully saturated rings. The second-order valence-corrected chi connectivity index (χ2v) is 9.79. The highest BCUT2D eigenvalue weighted by atomic mass is 32.2. The predicted molar refractivity (Wildman–Crippen MR) is 135 cm³/mol. The molecule has 1 saturated carbocycles. The zero-order valence-corrected chi connectivity index (χ0v) is 21.0. The minimum atomic E-state index is -0.266. The highest BCUT2D eigenvalue weighted by Gasteiger charge is 2.29. The molecule has 0 radical (unpaired) electrons. The van der Waals surface area contributed by atoms with E-state index in [1.54, 1.807) is 12.4 Å². The first-order valence-corrected chi connectivity index (χ1v) is 13.1. The summed E-state index contributed by atoms with van der Waals surface area (Å²) in [6, 6.07) is 12.1. The lowest BCUT2D eigenvalue weighted by molar-refractivity contribution is -0.133. The summed E-state index contributed by atoms with van der Waals surface area (Å²) in [5.41, 5.74) is 1.83. The van der Waals surface area contributed by atoms with Gasteiger partial charge < -0.3 is 9.64 Å². The summed E-state index contributed by atoms with van der Waals surface area (Å²) >= 11 is 1.46. The van der Waals surface area contributed by atoms with Crippen LogP contribution in [0, 0.1) is 0 Å². The number of nitrogens with zero attached hydrogens (tertiary/aromatic N) is 5. The van der Waals surface area contributed by atoms with Gasteiger partial charge in [0.05, 0.1) is 11.9 Å². The number of ether oxygens (including phenoxy) is 1. The number of aromatic nitrogens is 4. The quantitative estimate of drug-likeness (QED) is 0.383. The Morgan fingerprint density at radius 1 is 1.09 bits per heavy atom. The van der Waals surface area contributed by atoms with Crippen LogP contribution < -0.4 is 4.74 Å². The largest absolute Gasteiger partial charge is 0.494 e. The maximum atomic E-state index is 13.4. The fourth-order valence-electron chi connectivity index (χ4n) is 4.55. The van der Waals surface area contributed by atoms with E-state index in [0.717, 1.165) is 36.4 Å². The van der Waals surface area contributed by atoms with Gasteiger partial charge in [0.2, 0.25) is 5.91 Å². The maximum Gasteiger partial charge on any atom is 0.236 e. The van der Waals surface area contributed by atoms with Gasteiger partial charge >= 0.3 is 0 Å². The Morgan fingerprint density at radius 2 is 1.79 bits per heavy atom. The molecule has 1 unspecified atom stereocenters. The molecule has 0 aliphatic heterocycles. The molecule has 0 spiro atoms. The normalized spacial score (nSPS) is 15.1. The van der Waals surface area contributed by atoms with Crippen LogP contribution in [0.3, 0.4) is 0 Å². The topological polar surface area (TPSA) is 73.1 Å². The van der Waals surface area contributed by atoms with E-state index in [1.807, 2.05) is 54.8 Å². The number of pyridine rings is 1. The van der Waals surface area contributed by atoms with Crippen molar-refractivity contribution in [2.75, 3.05) is 13.2 Å². The molecule has 0 N–H and O–H groups in total. The van der Waals surface area contributed by atoms with Gasteiger partial charge in [-0.05, 0) is 70.0 Å². The van der Waals surface area contributed by atoms with Crippen LogP contribution in [0.4, 0.5) is 0 Å². The third-order valence-corrected chi connectivity index (χ3v) is 7.28. The highest BCUT2D eigenvalue weighted by Crippen LogP contribution is 2.32. The van der Waals surface area contributed by atoms with Gasteiger partial charge in [-0.1, -0.05) is 31.0 Å². The zero-order chi connectivity index (χ0) is 23.9. The lowest BCUT2D eigenvalue weighted by Crippen LogP contribution is -2.44. The number of benzene rings is 1. The molecular formula is C26H33N5O2S. The molecule has 1 aromatic carbocycles. The number of hydrogen-bond donors (Lipinski definition) is 0. The number of carbonyl (C=O) groups excluding carboxylic acids is 1. The highest BCUT2D eigenvalue weighted by molar-refractivity contribution is 8.00. The third kappa shape index (κ3) is 5.43. The van der Waals surface area contributed by atoms with Crippen LogP contribution in [0.2, 0.25) is 0 Å². The SMILES string of the molecule is CCOc1ccc(-n2c(SC(C)C(=O)N(CC)C3CCCCC3)nnc2-c2ccncc2)cc1. The van der Waals surface area contributed by atoms with Crippen LogP contribution in [0.1, 0.15) is 52.9 Å². The minimum absolute atomic E-state index is 0.172. The van der Waals surface area contributed by atoms with Crippen molar-refractivity contribution in [1.29, 1.82) is 0 Å². The van der Waals surface area contributed by atoms with E-state index in [0.29, 0.717) is 23.6 Å². The van der Waals surface area contributed by atoms with Crippen molar-refractivity contribution in [2.45, 2.75) is 69.3 Å². The molecular weight excluding hydrogens is 446 g/mol. The summed E-state index contributed by atoms with van der Waals surface area (Å²) in [5, 5.41) is 9.42. The van der Waals surface area contributed by atoms with E-state index < -0.39 is 0 Å². The second-order valence-electron chi connectivity index (χ2n) is 8.48. The van der Waals surface area contributed by atoms with Crippen LogP contribution >= 0.6 is 11.8 Å². The fourth-order valence-corrected chi connectivity index (χ4v) is 5.49. The number of carbonyl (C=O) groups is 1. The van der Waals surface area contributed by atoms with Crippen molar-refractivity contribution < 1.29 is 9.53 Å². The predicted octanol–water partition coefficient (Wildman–Crippen LogP) is 5.39. The van der Waals surface area contributed by atoms with Crippen molar-refractivity contribution in [3.63, 3.8) is 0 Å². The average molecular weight is 480 g/mol. The average Bonchev–Trinajstić information content (AvgIpc) is 3.29. The van der Waals surface area contributed by atoms with Crippen molar-refractivity contribution in [3.8, 4) is 22.8 Å². The third-order valence-electron chi connectivity index (χ3n) is 6.25. The Balaban J connectivity index is 1.63. The minimum Gasteiger partial charge on any atom is -0.494 e. The molecule has 180 valence electrons. The van der Waals surface area contributed by atoms with E-state index in [-0.39, 0.29) is 11.2 Å². The first-order valence-electron chi connectivity index (χ1n) is 12.2. The molecule has 2 aromatic heterocycles. The van der Waals surface area contributed by atoms with Gasteiger partial charge in [0, 0.05) is 36.2 Å². The van der Waals surface area contributed by atoms with Gasteiger partial charge in [-0.25, -0.2) is 0 Å². The van der Waals surface area contributed by atoms with Crippen LogP contribution in [0.5, 0.6) is 5.75 Å². The summed E-state index contributed by atoms with van der Waals surface area (Å²) in [7, 11) is 0. The molecule has 4 rings (SSSR count). The molecule has 34 heavy (non-hydrogen) atoms. The molecule has 8 heteroatoms. The Bertz CT molecular complexity index is 1060. The number of hydrogen-bond acceptors (Lipinski definition) is 6. The van der Waals surface area contributed by atoms with Crippen molar-refractivity contribution in [1.82, 2.24) is 24.6 Å². The lowest BCUT2D eigenvalue weighted by Gasteiger charge is -2.35. The van der Waals surface area contributed by atoms with Crippen LogP contribution in [-0.4, -0.2) is 55.0 Å². The Kier molecular flexibility index (Phi) is 8.21. The van der Waals surface area contributed by atoms with Gasteiger partial charge in [-0.15, -0.1) is 10.2 Å². The molecule has 3 aromatic rings. The van der Waals surface area contributed by atoms with E-state index >= 15 is 0 Å². The van der Waals surface area contributed by atoms with Gasteiger partial charge in [0.15, 0.2) is 11.0 Å². The Morgan fingerprint density at radius 3 is 2.44 bits per heavy atom. The summed E-state index contributed by atoms with van der Waals surface area (Å²) in [5.74, 6) is 1.70. The molecule has 0 saturated heterocycles. The maximum absolute atomic E-state index is 13.4. The monoisotopic (exact) mass is 479 g/mol. The van der Waals surface area contributed by atoms with Gasteiger partial charge in [0.1, 0.15) is 5.75 Å². The lowest BCUT2D eigenvalue weighted by atomic mass is 9.94. The van der Waals surface area contributed by atoms with E-state index in [4.69, 9.17) is 4.74 Å².